The Kier molecular flexibility index (Phi) is 9.02. The molecule has 1 N–H and O–H groups in total. The summed E-state index contributed by atoms with van der Waals surface area (Å²) in [6.07, 6.45) is 10.6. The Morgan fingerprint density at radius 1 is 0.932 bits per heavy atom. The lowest BCUT2D eigenvalue weighted by Gasteiger charge is -2.73. The van der Waals surface area contributed by atoms with Crippen molar-refractivity contribution in [2.24, 2.45) is 56.7 Å². The van der Waals surface area contributed by atoms with Gasteiger partial charge in [0.2, 0.25) is 0 Å². The Labute approximate surface area is 274 Å². The molecule has 0 amide bonds. The minimum absolute atomic E-state index is 0. The quantitative estimate of drug-likeness (QED) is 0.202. The van der Waals surface area contributed by atoms with Crippen LogP contribution in [0.1, 0.15) is 106 Å². The highest BCUT2D eigenvalue weighted by molar-refractivity contribution is 5.85. The van der Waals surface area contributed by atoms with Gasteiger partial charge in [-0.3, -0.25) is 9.69 Å². The minimum atomic E-state index is -0.957. The summed E-state index contributed by atoms with van der Waals surface area (Å²) in [4.78, 5) is 15.9. The maximum absolute atomic E-state index is 13.5. The molecule has 1 heterocycles. The minimum Gasteiger partial charge on any atom is -0.469 e. The summed E-state index contributed by atoms with van der Waals surface area (Å²) in [6.45, 7) is 23.2. The first-order chi connectivity index (χ1) is 20.2. The molecule has 0 spiro atoms. The SMILES string of the molecule is C=C(C)[C@@H]1CC[C@]2(C(=O)OC)CC[C@]3(C)[C@H](CC[C@@H]4[C@@]5(C)CC[C@@](O)(C#CCN6CCOCC6)C(C)(C)[C@@H]5CC[C@]43C)[C@@H]12.Cl. The van der Waals surface area contributed by atoms with Gasteiger partial charge in [0.05, 0.1) is 32.3 Å². The highest BCUT2D eigenvalue weighted by Gasteiger charge is 2.73. The molecule has 6 fully saturated rings. The van der Waals surface area contributed by atoms with Crippen molar-refractivity contribution < 1.29 is 19.4 Å². The number of methoxy groups -OCH3 is 1. The van der Waals surface area contributed by atoms with Gasteiger partial charge in [-0.2, -0.15) is 0 Å². The smallest absolute Gasteiger partial charge is 0.312 e. The summed E-state index contributed by atoms with van der Waals surface area (Å²) in [5.74, 6) is 9.22. The van der Waals surface area contributed by atoms with Gasteiger partial charge in [-0.1, -0.05) is 58.6 Å². The molecule has 1 aliphatic heterocycles. The summed E-state index contributed by atoms with van der Waals surface area (Å²) in [5, 5.41) is 12.2. The number of carbonyl (C=O) groups excluding carboxylic acids is 1. The number of hydrogen-bond donors (Lipinski definition) is 1. The number of carbonyl (C=O) groups is 1. The zero-order valence-electron chi connectivity index (χ0n) is 28.7. The van der Waals surface area contributed by atoms with E-state index in [1.807, 2.05) is 0 Å². The van der Waals surface area contributed by atoms with Gasteiger partial charge >= 0.3 is 5.97 Å². The number of morpholine rings is 1. The lowest BCUT2D eigenvalue weighted by atomic mass is 9.31. The number of halogens is 1. The van der Waals surface area contributed by atoms with E-state index in [0.29, 0.717) is 36.1 Å². The number of esters is 1. The lowest BCUT2D eigenvalue weighted by molar-refractivity contribution is -0.256. The molecule has 0 unspecified atom stereocenters. The van der Waals surface area contributed by atoms with Crippen LogP contribution < -0.4 is 0 Å². The third-order valence-electron chi connectivity index (χ3n) is 15.6. The highest BCUT2D eigenvalue weighted by Crippen LogP contribution is 2.78. The summed E-state index contributed by atoms with van der Waals surface area (Å²) in [7, 11) is 1.59. The van der Waals surface area contributed by atoms with E-state index in [1.165, 1.54) is 24.8 Å². The lowest BCUT2D eigenvalue weighted by Crippen LogP contribution is -2.68. The summed E-state index contributed by atoms with van der Waals surface area (Å²) < 4.78 is 11.1. The van der Waals surface area contributed by atoms with Gasteiger partial charge in [0, 0.05) is 18.5 Å². The zero-order chi connectivity index (χ0) is 31.1. The van der Waals surface area contributed by atoms with Crippen molar-refractivity contribution in [3.8, 4) is 11.8 Å². The molecule has 10 atom stereocenters. The molecular formula is C38H60ClNO4. The van der Waals surface area contributed by atoms with Crippen molar-refractivity contribution in [3.05, 3.63) is 12.2 Å². The van der Waals surface area contributed by atoms with Gasteiger partial charge in [-0.15, -0.1) is 12.4 Å². The Morgan fingerprint density at radius 2 is 1.64 bits per heavy atom. The van der Waals surface area contributed by atoms with Crippen molar-refractivity contribution >= 4 is 18.4 Å². The van der Waals surface area contributed by atoms with E-state index in [1.54, 1.807) is 7.11 Å². The fourth-order valence-electron chi connectivity index (χ4n) is 12.9. The molecule has 5 nitrogen and oxygen atoms in total. The van der Waals surface area contributed by atoms with E-state index in [0.717, 1.165) is 71.2 Å². The van der Waals surface area contributed by atoms with E-state index in [9.17, 15) is 9.90 Å². The molecule has 5 aliphatic carbocycles. The van der Waals surface area contributed by atoms with Crippen LogP contribution >= 0.6 is 12.4 Å². The average Bonchev–Trinajstić information content (AvgIpc) is 3.37. The number of fused-ring (bicyclic) bond motifs is 7. The molecule has 6 aliphatic rings. The maximum atomic E-state index is 13.5. The van der Waals surface area contributed by atoms with E-state index in [2.05, 4.69) is 64.9 Å². The van der Waals surface area contributed by atoms with E-state index < -0.39 is 5.60 Å². The average molecular weight is 630 g/mol. The van der Waals surface area contributed by atoms with E-state index >= 15 is 0 Å². The number of ether oxygens (including phenoxy) is 2. The fraction of sp³-hybridized carbons (Fsp3) is 0.868. The van der Waals surface area contributed by atoms with Crippen molar-refractivity contribution in [3.63, 3.8) is 0 Å². The Balaban J connectivity index is 0.00000384. The van der Waals surface area contributed by atoms with E-state index in [4.69, 9.17) is 9.47 Å². The first kappa shape index (κ1) is 34.3. The fourth-order valence-corrected chi connectivity index (χ4v) is 12.9. The summed E-state index contributed by atoms with van der Waals surface area (Å²) >= 11 is 0. The topological polar surface area (TPSA) is 59.0 Å². The number of rotatable bonds is 3. The zero-order valence-corrected chi connectivity index (χ0v) is 29.5. The first-order valence-electron chi connectivity index (χ1n) is 17.5. The van der Waals surface area contributed by atoms with Crippen LogP contribution in [0, 0.1) is 68.5 Å². The Bertz CT molecular complexity index is 1200. The second-order valence-corrected chi connectivity index (χ2v) is 17.1. The van der Waals surface area contributed by atoms with Crippen LogP contribution in [0.2, 0.25) is 0 Å². The van der Waals surface area contributed by atoms with Gasteiger partial charge in [-0.25, -0.2) is 0 Å². The normalized spacial score (nSPS) is 47.8. The van der Waals surface area contributed by atoms with Crippen LogP contribution in [0.4, 0.5) is 0 Å². The monoisotopic (exact) mass is 629 g/mol. The molecule has 0 radical (unpaired) electrons. The van der Waals surface area contributed by atoms with Crippen molar-refractivity contribution in [2.75, 3.05) is 40.0 Å². The molecule has 0 bridgehead atoms. The van der Waals surface area contributed by atoms with Crippen LogP contribution in [-0.2, 0) is 14.3 Å². The van der Waals surface area contributed by atoms with Crippen LogP contribution in [0.5, 0.6) is 0 Å². The van der Waals surface area contributed by atoms with Crippen molar-refractivity contribution in [1.82, 2.24) is 4.90 Å². The van der Waals surface area contributed by atoms with Crippen LogP contribution in [0.3, 0.4) is 0 Å². The summed E-state index contributed by atoms with van der Waals surface area (Å²) in [5.41, 5.74) is 0.242. The number of aliphatic hydroxyl groups is 1. The van der Waals surface area contributed by atoms with Crippen LogP contribution in [-0.4, -0.2) is 61.5 Å². The molecule has 0 aromatic carbocycles. The predicted molar refractivity (Wildman–Crippen MR) is 178 cm³/mol. The maximum Gasteiger partial charge on any atom is 0.312 e. The molecule has 1 saturated heterocycles. The second kappa shape index (κ2) is 11.6. The summed E-state index contributed by atoms with van der Waals surface area (Å²) in [6, 6.07) is 0. The van der Waals surface area contributed by atoms with Gasteiger partial charge < -0.3 is 14.6 Å². The van der Waals surface area contributed by atoms with Crippen LogP contribution in [0.25, 0.3) is 0 Å². The van der Waals surface area contributed by atoms with Gasteiger partial charge in [0.15, 0.2) is 0 Å². The standard InChI is InChI=1S/C38H59NO4.ClH/c1-26(2)27-12-16-37(32(40)42-8)19-18-35(6)28(31(27)37)10-11-30-34(5)17-20-38(41,14-9-21-39-22-24-43-25-23-39)33(3,4)29(34)13-15-36(30,35)7;/h27-31,41H,1,10-13,15-25H2,2-8H3;1H/t27-,28+,29-,30+,31+,34-,35+,36+,37-,38-;/m0./s1. The predicted octanol–water partition coefficient (Wildman–Crippen LogP) is 7.31. The van der Waals surface area contributed by atoms with Crippen molar-refractivity contribution in [1.29, 1.82) is 0 Å². The largest absolute Gasteiger partial charge is 0.469 e. The number of nitrogens with zero attached hydrogens (tertiary/aromatic N) is 1. The number of hydrogen-bond acceptors (Lipinski definition) is 5. The second-order valence-electron chi connectivity index (χ2n) is 17.1. The Morgan fingerprint density at radius 3 is 2.30 bits per heavy atom. The third kappa shape index (κ3) is 4.62. The molecule has 44 heavy (non-hydrogen) atoms. The molecule has 248 valence electrons. The molecule has 6 heteroatoms. The van der Waals surface area contributed by atoms with Crippen molar-refractivity contribution in [2.45, 2.75) is 111 Å². The highest BCUT2D eigenvalue weighted by atomic mass is 35.5. The number of allylic oxidation sites excluding steroid dienone is 1. The molecule has 6 rings (SSSR count). The first-order valence-corrected chi connectivity index (χ1v) is 17.5. The van der Waals surface area contributed by atoms with E-state index in [-0.39, 0.29) is 45.5 Å². The molecule has 5 saturated carbocycles. The van der Waals surface area contributed by atoms with Gasteiger partial charge in [-0.05, 0) is 117 Å². The van der Waals surface area contributed by atoms with Crippen LogP contribution in [0.15, 0.2) is 12.2 Å². The Hall–Kier alpha value is -1.06. The van der Waals surface area contributed by atoms with Gasteiger partial charge in [0.25, 0.3) is 0 Å². The molecule has 0 aromatic rings. The molecule has 0 aromatic heterocycles. The third-order valence-corrected chi connectivity index (χ3v) is 15.6. The van der Waals surface area contributed by atoms with Gasteiger partial charge in [0.1, 0.15) is 5.60 Å². The molecular weight excluding hydrogens is 570 g/mol.